The van der Waals surface area contributed by atoms with Crippen LogP contribution in [-0.2, 0) is 9.59 Å². The molecule has 7 nitrogen and oxygen atoms in total. The number of carbonyl (C=O) groups is 2. The highest BCUT2D eigenvalue weighted by atomic mass is 16.6. The number of hydrogen-bond acceptors (Lipinski definition) is 5. The molecule has 1 aliphatic carbocycles. The maximum atomic E-state index is 12.8. The SMILES string of the molecule is CC1CCN(c2ccc(N3C(=O)[C@H]4CCCC[C@H]4C3=O)cc2[N+](=O)[O-])CC1. The number of piperidine rings is 1. The van der Waals surface area contributed by atoms with Crippen LogP contribution in [0, 0.1) is 27.9 Å². The second-order valence-corrected chi connectivity index (χ2v) is 8.11. The Bertz CT molecular complexity index is 761. The van der Waals surface area contributed by atoms with Gasteiger partial charge >= 0.3 is 0 Å². The van der Waals surface area contributed by atoms with Crippen LogP contribution in [0.1, 0.15) is 45.4 Å². The van der Waals surface area contributed by atoms with E-state index in [1.807, 2.05) is 4.90 Å². The van der Waals surface area contributed by atoms with Crippen molar-refractivity contribution in [3.63, 3.8) is 0 Å². The van der Waals surface area contributed by atoms with Crippen molar-refractivity contribution in [3.05, 3.63) is 28.3 Å². The lowest BCUT2D eigenvalue weighted by atomic mass is 9.81. The van der Waals surface area contributed by atoms with E-state index in [9.17, 15) is 19.7 Å². The van der Waals surface area contributed by atoms with Gasteiger partial charge < -0.3 is 4.90 Å². The molecule has 4 rings (SSSR count). The first kappa shape index (κ1) is 17.9. The summed E-state index contributed by atoms with van der Waals surface area (Å²) in [5.41, 5.74) is 0.880. The molecule has 0 spiro atoms. The molecule has 0 unspecified atom stereocenters. The molecule has 144 valence electrons. The number of nitrogens with zero attached hydrogens (tertiary/aromatic N) is 3. The maximum Gasteiger partial charge on any atom is 0.294 e. The van der Waals surface area contributed by atoms with Crippen LogP contribution >= 0.6 is 0 Å². The van der Waals surface area contributed by atoms with Crippen molar-refractivity contribution in [1.82, 2.24) is 0 Å². The Morgan fingerprint density at radius 1 is 1.00 bits per heavy atom. The lowest BCUT2D eigenvalue weighted by Crippen LogP contribution is -2.34. The summed E-state index contributed by atoms with van der Waals surface area (Å²) in [4.78, 5) is 40.1. The van der Waals surface area contributed by atoms with E-state index in [0.29, 0.717) is 17.3 Å². The van der Waals surface area contributed by atoms with Gasteiger partial charge in [0.05, 0.1) is 22.4 Å². The summed E-state index contributed by atoms with van der Waals surface area (Å²) in [6.45, 7) is 3.76. The number of hydrogen-bond donors (Lipinski definition) is 0. The van der Waals surface area contributed by atoms with Gasteiger partial charge in [0.1, 0.15) is 5.69 Å². The third-order valence-corrected chi connectivity index (χ3v) is 6.38. The fraction of sp³-hybridized carbons (Fsp3) is 0.600. The molecule has 2 heterocycles. The Hall–Kier alpha value is -2.44. The summed E-state index contributed by atoms with van der Waals surface area (Å²) in [6.07, 6.45) is 5.40. The Labute approximate surface area is 158 Å². The first-order chi connectivity index (χ1) is 13.0. The molecule has 0 bridgehead atoms. The van der Waals surface area contributed by atoms with Crippen LogP contribution in [0.4, 0.5) is 17.1 Å². The van der Waals surface area contributed by atoms with Crippen molar-refractivity contribution in [2.75, 3.05) is 22.9 Å². The molecule has 27 heavy (non-hydrogen) atoms. The molecular formula is C20H25N3O4. The fourth-order valence-electron chi connectivity index (χ4n) is 4.73. The van der Waals surface area contributed by atoms with E-state index in [1.165, 1.54) is 11.0 Å². The van der Waals surface area contributed by atoms with Gasteiger partial charge in [-0.25, -0.2) is 4.90 Å². The molecule has 2 atom stereocenters. The molecule has 0 aromatic heterocycles. The first-order valence-corrected chi connectivity index (χ1v) is 9.88. The second-order valence-electron chi connectivity index (χ2n) is 8.11. The molecule has 3 fully saturated rings. The molecule has 3 aliphatic rings. The Morgan fingerprint density at radius 2 is 1.59 bits per heavy atom. The van der Waals surface area contributed by atoms with Gasteiger partial charge in [0, 0.05) is 19.2 Å². The summed E-state index contributed by atoms with van der Waals surface area (Å²) in [5, 5.41) is 11.7. The Kier molecular flexibility index (Phi) is 4.61. The molecule has 0 N–H and O–H groups in total. The average Bonchev–Trinajstić information content (AvgIpc) is 2.93. The number of benzene rings is 1. The minimum absolute atomic E-state index is 0.0301. The molecule has 7 heteroatoms. The van der Waals surface area contributed by atoms with Crippen molar-refractivity contribution < 1.29 is 14.5 Å². The van der Waals surface area contributed by atoms with Gasteiger partial charge in [-0.05, 0) is 43.7 Å². The number of imide groups is 1. The smallest absolute Gasteiger partial charge is 0.294 e. The lowest BCUT2D eigenvalue weighted by Gasteiger charge is -2.32. The van der Waals surface area contributed by atoms with Gasteiger partial charge in [0.25, 0.3) is 5.69 Å². The zero-order valence-electron chi connectivity index (χ0n) is 15.6. The summed E-state index contributed by atoms with van der Waals surface area (Å²) in [6, 6.07) is 4.79. The molecule has 2 saturated heterocycles. The van der Waals surface area contributed by atoms with E-state index in [-0.39, 0.29) is 29.3 Å². The van der Waals surface area contributed by atoms with E-state index in [1.54, 1.807) is 12.1 Å². The maximum absolute atomic E-state index is 12.8. The Balaban J connectivity index is 1.66. The highest BCUT2D eigenvalue weighted by molar-refractivity contribution is 6.22. The van der Waals surface area contributed by atoms with E-state index in [4.69, 9.17) is 0 Å². The number of rotatable bonds is 3. The number of nitro benzene ring substituents is 1. The standard InChI is InChI=1S/C20H25N3O4/c1-13-8-10-21(11-9-13)17-7-6-14(12-18(17)23(26)27)22-19(24)15-4-2-3-5-16(15)20(22)25/h6-7,12-13,15-16H,2-5,8-11H2,1H3/t15-,16+. The van der Waals surface area contributed by atoms with E-state index < -0.39 is 4.92 Å². The number of carbonyl (C=O) groups excluding carboxylic acids is 2. The van der Waals surface area contributed by atoms with Crippen molar-refractivity contribution in [3.8, 4) is 0 Å². The van der Waals surface area contributed by atoms with Crippen LogP contribution in [0.2, 0.25) is 0 Å². The quantitative estimate of drug-likeness (QED) is 0.461. The van der Waals surface area contributed by atoms with Crippen molar-refractivity contribution in [1.29, 1.82) is 0 Å². The lowest BCUT2D eigenvalue weighted by molar-refractivity contribution is -0.384. The normalized spacial score (nSPS) is 26.4. The summed E-state index contributed by atoms with van der Waals surface area (Å²) < 4.78 is 0. The van der Waals surface area contributed by atoms with Crippen molar-refractivity contribution >= 4 is 28.9 Å². The first-order valence-electron chi connectivity index (χ1n) is 9.88. The van der Waals surface area contributed by atoms with Gasteiger partial charge in [0.15, 0.2) is 0 Å². The third-order valence-electron chi connectivity index (χ3n) is 6.38. The molecule has 1 aromatic carbocycles. The predicted molar refractivity (Wildman–Crippen MR) is 102 cm³/mol. The molecule has 2 aliphatic heterocycles. The van der Waals surface area contributed by atoms with Crippen molar-refractivity contribution in [2.45, 2.75) is 45.4 Å². The van der Waals surface area contributed by atoms with Crippen LogP contribution in [0.5, 0.6) is 0 Å². The Morgan fingerprint density at radius 3 is 2.15 bits per heavy atom. The zero-order valence-corrected chi connectivity index (χ0v) is 15.6. The van der Waals surface area contributed by atoms with Crippen LogP contribution in [0.3, 0.4) is 0 Å². The van der Waals surface area contributed by atoms with Crippen LogP contribution in [-0.4, -0.2) is 29.8 Å². The summed E-state index contributed by atoms with van der Waals surface area (Å²) in [5.74, 6) is -0.276. The third kappa shape index (κ3) is 3.09. The van der Waals surface area contributed by atoms with E-state index >= 15 is 0 Å². The largest absolute Gasteiger partial charge is 0.366 e. The topological polar surface area (TPSA) is 83.8 Å². The molecule has 2 amide bonds. The molecule has 1 saturated carbocycles. The molecule has 0 radical (unpaired) electrons. The van der Waals surface area contributed by atoms with Crippen LogP contribution in [0.15, 0.2) is 18.2 Å². The van der Waals surface area contributed by atoms with Gasteiger partial charge in [-0.15, -0.1) is 0 Å². The van der Waals surface area contributed by atoms with E-state index in [0.717, 1.165) is 51.6 Å². The monoisotopic (exact) mass is 371 g/mol. The van der Waals surface area contributed by atoms with Crippen LogP contribution < -0.4 is 9.80 Å². The fourth-order valence-corrected chi connectivity index (χ4v) is 4.73. The second kappa shape index (κ2) is 6.94. The zero-order chi connectivity index (χ0) is 19.1. The van der Waals surface area contributed by atoms with Crippen molar-refractivity contribution in [2.24, 2.45) is 17.8 Å². The average molecular weight is 371 g/mol. The highest BCUT2D eigenvalue weighted by Crippen LogP contribution is 2.42. The highest BCUT2D eigenvalue weighted by Gasteiger charge is 2.49. The molecule has 1 aromatic rings. The number of fused-ring (bicyclic) bond motifs is 1. The number of amides is 2. The van der Waals surface area contributed by atoms with Crippen LogP contribution in [0.25, 0.3) is 0 Å². The van der Waals surface area contributed by atoms with Gasteiger partial charge in [-0.3, -0.25) is 19.7 Å². The number of nitro groups is 1. The van der Waals surface area contributed by atoms with Gasteiger partial charge in [-0.2, -0.15) is 0 Å². The minimum Gasteiger partial charge on any atom is -0.366 e. The number of anilines is 2. The van der Waals surface area contributed by atoms with E-state index in [2.05, 4.69) is 6.92 Å². The van der Waals surface area contributed by atoms with Gasteiger partial charge in [-0.1, -0.05) is 19.8 Å². The summed E-state index contributed by atoms with van der Waals surface area (Å²) in [7, 11) is 0. The summed E-state index contributed by atoms with van der Waals surface area (Å²) >= 11 is 0. The van der Waals surface area contributed by atoms with Gasteiger partial charge in [0.2, 0.25) is 11.8 Å². The minimum atomic E-state index is -0.408. The predicted octanol–water partition coefficient (Wildman–Crippen LogP) is 3.51. The molecular weight excluding hydrogens is 346 g/mol.